The van der Waals surface area contributed by atoms with Crippen LogP contribution in [0.2, 0.25) is 5.02 Å². The predicted molar refractivity (Wildman–Crippen MR) is 130 cm³/mol. The largest absolute Gasteiger partial charge is 0.470 e. The van der Waals surface area contributed by atoms with Crippen molar-refractivity contribution in [3.8, 4) is 5.88 Å². The third-order valence-electron chi connectivity index (χ3n) is 5.66. The van der Waals surface area contributed by atoms with E-state index >= 15 is 0 Å². The molecule has 2 aromatic rings. The molecule has 0 spiro atoms. The van der Waals surface area contributed by atoms with Gasteiger partial charge in [-0.05, 0) is 38.8 Å². The number of likely N-dealkylation sites (tertiary alicyclic amines) is 1. The molecular formula is C23H31ClF2N6O4. The topological polar surface area (TPSA) is 111 Å². The number of hydrogen-bond donors (Lipinski definition) is 2. The van der Waals surface area contributed by atoms with Crippen molar-refractivity contribution in [1.29, 1.82) is 0 Å². The summed E-state index contributed by atoms with van der Waals surface area (Å²) in [7, 11) is 1.16. The van der Waals surface area contributed by atoms with E-state index in [9.17, 15) is 18.4 Å². The Balaban J connectivity index is 1.71. The average molecular weight is 529 g/mol. The van der Waals surface area contributed by atoms with Gasteiger partial charge in [-0.3, -0.25) is 9.59 Å². The van der Waals surface area contributed by atoms with Gasteiger partial charge in [-0.1, -0.05) is 11.6 Å². The van der Waals surface area contributed by atoms with Gasteiger partial charge in [0.15, 0.2) is 6.61 Å². The molecule has 13 heteroatoms. The van der Waals surface area contributed by atoms with Gasteiger partial charge >= 0.3 is 5.92 Å². The first-order valence-corrected chi connectivity index (χ1v) is 12.0. The summed E-state index contributed by atoms with van der Waals surface area (Å²) in [5, 5.41) is 10.0. The van der Waals surface area contributed by atoms with Gasteiger partial charge in [-0.2, -0.15) is 0 Å². The lowest BCUT2D eigenvalue weighted by Crippen LogP contribution is -2.47. The normalized spacial score (nSPS) is 15.2. The lowest BCUT2D eigenvalue weighted by Gasteiger charge is -2.34. The van der Waals surface area contributed by atoms with E-state index in [1.54, 1.807) is 6.07 Å². The molecule has 1 aliphatic rings. The van der Waals surface area contributed by atoms with Gasteiger partial charge in [0, 0.05) is 44.5 Å². The quantitative estimate of drug-likeness (QED) is 0.461. The Morgan fingerprint density at radius 2 is 1.97 bits per heavy atom. The fourth-order valence-corrected chi connectivity index (χ4v) is 3.90. The number of pyridine rings is 1. The minimum Gasteiger partial charge on any atom is -0.470 e. The highest BCUT2D eigenvalue weighted by Crippen LogP contribution is 2.20. The van der Waals surface area contributed by atoms with E-state index in [0.29, 0.717) is 11.1 Å². The Hall–Kier alpha value is -2.83. The highest BCUT2D eigenvalue weighted by atomic mass is 35.5. The standard InChI is InChI=1S/C23H31ClF2N6O4/c1-15(2)31-8-6-17(7-9-31)28-22(34)18-10-21(36-14-23(25,26)13-35-3)30-32(18)12-20(33)29-19-5-4-16(24)11-27-19/h4-5,10-11,15,17H,6-9,12-14H2,1-3H3,(H,28,34)(H,27,29,33). The molecule has 0 aromatic carbocycles. The third-order valence-corrected chi connectivity index (χ3v) is 5.88. The molecule has 0 unspecified atom stereocenters. The molecule has 2 aromatic heterocycles. The fourth-order valence-electron chi connectivity index (χ4n) is 3.79. The van der Waals surface area contributed by atoms with Gasteiger partial charge in [0.05, 0.1) is 5.02 Å². The van der Waals surface area contributed by atoms with E-state index in [-0.39, 0.29) is 30.0 Å². The van der Waals surface area contributed by atoms with Crippen molar-refractivity contribution in [2.75, 3.05) is 38.7 Å². The summed E-state index contributed by atoms with van der Waals surface area (Å²) < 4.78 is 38.4. The van der Waals surface area contributed by atoms with Crippen molar-refractivity contribution in [3.05, 3.63) is 35.1 Å². The Bertz CT molecular complexity index is 1030. The highest BCUT2D eigenvalue weighted by Gasteiger charge is 2.31. The van der Waals surface area contributed by atoms with Crippen LogP contribution in [0, 0.1) is 0 Å². The summed E-state index contributed by atoms with van der Waals surface area (Å²) >= 11 is 5.81. The van der Waals surface area contributed by atoms with E-state index < -0.39 is 31.0 Å². The lowest BCUT2D eigenvalue weighted by molar-refractivity contribution is -0.117. The number of aromatic nitrogens is 3. The molecule has 3 heterocycles. The van der Waals surface area contributed by atoms with Gasteiger partial charge in [-0.15, -0.1) is 5.10 Å². The SMILES string of the molecule is COCC(F)(F)COc1cc(C(=O)NC2CCN(C(C)C)CC2)n(CC(=O)Nc2ccc(Cl)cn2)n1. The predicted octanol–water partition coefficient (Wildman–Crippen LogP) is 2.83. The van der Waals surface area contributed by atoms with Gasteiger partial charge in [-0.25, -0.2) is 18.4 Å². The zero-order chi connectivity index (χ0) is 26.3. The zero-order valence-corrected chi connectivity index (χ0v) is 21.2. The molecule has 1 saturated heterocycles. The molecule has 1 fully saturated rings. The molecule has 10 nitrogen and oxygen atoms in total. The first kappa shape index (κ1) is 27.8. The number of nitrogens with zero attached hydrogens (tertiary/aromatic N) is 4. The Kier molecular flexibility index (Phi) is 9.57. The number of hydrogen-bond acceptors (Lipinski definition) is 7. The Labute approximate surface area is 213 Å². The van der Waals surface area contributed by atoms with Crippen LogP contribution in [0.1, 0.15) is 37.2 Å². The van der Waals surface area contributed by atoms with E-state index in [0.717, 1.165) is 37.7 Å². The Morgan fingerprint density at radius 1 is 1.25 bits per heavy atom. The van der Waals surface area contributed by atoms with Crippen molar-refractivity contribution in [2.45, 2.75) is 51.2 Å². The van der Waals surface area contributed by atoms with E-state index in [2.05, 4.69) is 44.2 Å². The molecule has 0 saturated carbocycles. The van der Waals surface area contributed by atoms with Gasteiger partial charge in [0.2, 0.25) is 11.8 Å². The van der Waals surface area contributed by atoms with Crippen molar-refractivity contribution in [2.24, 2.45) is 0 Å². The number of nitrogens with one attached hydrogen (secondary N) is 2. The van der Waals surface area contributed by atoms with Crippen LogP contribution in [-0.4, -0.2) is 82.9 Å². The lowest BCUT2D eigenvalue weighted by atomic mass is 10.0. The number of methoxy groups -OCH3 is 1. The molecule has 36 heavy (non-hydrogen) atoms. The van der Waals surface area contributed by atoms with Crippen LogP contribution in [0.15, 0.2) is 24.4 Å². The maximum Gasteiger partial charge on any atom is 0.304 e. The van der Waals surface area contributed by atoms with Crippen molar-refractivity contribution >= 4 is 29.2 Å². The third kappa shape index (κ3) is 8.10. The van der Waals surface area contributed by atoms with Crippen LogP contribution in [0.4, 0.5) is 14.6 Å². The van der Waals surface area contributed by atoms with Crippen molar-refractivity contribution in [1.82, 2.24) is 25.0 Å². The molecule has 1 aliphatic heterocycles. The van der Waals surface area contributed by atoms with Gasteiger partial charge in [0.25, 0.3) is 5.91 Å². The highest BCUT2D eigenvalue weighted by molar-refractivity contribution is 6.30. The second-order valence-electron chi connectivity index (χ2n) is 8.89. The number of ether oxygens (including phenoxy) is 2. The molecule has 0 atom stereocenters. The monoisotopic (exact) mass is 528 g/mol. The molecule has 0 bridgehead atoms. The van der Waals surface area contributed by atoms with Crippen LogP contribution in [0.5, 0.6) is 5.88 Å². The number of alkyl halides is 2. The number of anilines is 1. The minimum absolute atomic E-state index is 0.0190. The number of halogens is 3. The van der Waals surface area contributed by atoms with Crippen molar-refractivity contribution in [3.63, 3.8) is 0 Å². The van der Waals surface area contributed by atoms with Crippen LogP contribution >= 0.6 is 11.6 Å². The molecule has 2 amide bonds. The summed E-state index contributed by atoms with van der Waals surface area (Å²) in [5.41, 5.74) is 0.0190. The molecule has 3 rings (SSSR count). The van der Waals surface area contributed by atoms with Crippen molar-refractivity contribution < 1.29 is 27.8 Å². The zero-order valence-electron chi connectivity index (χ0n) is 20.5. The second-order valence-corrected chi connectivity index (χ2v) is 9.33. The smallest absolute Gasteiger partial charge is 0.304 e. The molecule has 198 valence electrons. The van der Waals surface area contributed by atoms with Crippen LogP contribution in [-0.2, 0) is 16.1 Å². The first-order chi connectivity index (χ1) is 17.1. The van der Waals surface area contributed by atoms with E-state index in [1.807, 2.05) is 0 Å². The van der Waals surface area contributed by atoms with Gasteiger partial charge < -0.3 is 25.0 Å². The van der Waals surface area contributed by atoms with E-state index in [1.165, 1.54) is 18.3 Å². The second kappa shape index (κ2) is 12.4. The average Bonchev–Trinajstić information content (AvgIpc) is 3.22. The minimum atomic E-state index is -3.25. The van der Waals surface area contributed by atoms with E-state index in [4.69, 9.17) is 16.3 Å². The maximum absolute atomic E-state index is 13.8. The summed E-state index contributed by atoms with van der Waals surface area (Å²) in [4.78, 5) is 32.0. The molecule has 2 N–H and O–H groups in total. The summed E-state index contributed by atoms with van der Waals surface area (Å²) in [6, 6.07) is 4.70. The Morgan fingerprint density at radius 3 is 2.58 bits per heavy atom. The van der Waals surface area contributed by atoms with Crippen LogP contribution < -0.4 is 15.4 Å². The number of carbonyl (C=O) groups excluding carboxylic acids is 2. The number of carbonyl (C=O) groups is 2. The maximum atomic E-state index is 13.8. The van der Waals surface area contributed by atoms with Crippen LogP contribution in [0.25, 0.3) is 0 Å². The fraction of sp³-hybridized carbons (Fsp3) is 0.565. The first-order valence-electron chi connectivity index (χ1n) is 11.6. The summed E-state index contributed by atoms with van der Waals surface area (Å²) in [6.45, 7) is 3.76. The van der Waals surface area contributed by atoms with Crippen LogP contribution in [0.3, 0.4) is 0 Å². The number of amides is 2. The molecular weight excluding hydrogens is 498 g/mol. The molecule has 0 radical (unpaired) electrons. The summed E-state index contributed by atoms with van der Waals surface area (Å²) in [6.07, 6.45) is 2.92. The number of piperidine rings is 1. The van der Waals surface area contributed by atoms with Gasteiger partial charge in [0.1, 0.15) is 24.7 Å². The number of rotatable bonds is 11. The summed E-state index contributed by atoms with van der Waals surface area (Å²) in [5.74, 6) is -4.19. The molecule has 0 aliphatic carbocycles.